The average Bonchev–Trinajstić information content (AvgIpc) is 2.52. The Bertz CT molecular complexity index is 428. The van der Waals surface area contributed by atoms with Crippen LogP contribution in [0.25, 0.3) is 0 Å². The molecule has 1 rings (SSSR count). The summed E-state index contributed by atoms with van der Waals surface area (Å²) in [5.41, 5.74) is -2.21. The van der Waals surface area contributed by atoms with Gasteiger partial charge in [-0.3, -0.25) is 9.05 Å². The van der Waals surface area contributed by atoms with Crippen LogP contribution in [0.15, 0.2) is 18.6 Å². The van der Waals surface area contributed by atoms with Gasteiger partial charge in [0.2, 0.25) is 0 Å². The molecule has 0 N–H and O–H groups in total. The van der Waals surface area contributed by atoms with Gasteiger partial charge in [-0.15, -0.1) is 0 Å². The number of unbranched alkanes of at least 4 members (excludes halogenated alkanes) is 2. The van der Waals surface area contributed by atoms with Gasteiger partial charge in [0.05, 0.1) is 0 Å². The third-order valence-electron chi connectivity index (χ3n) is 1.50. The van der Waals surface area contributed by atoms with Gasteiger partial charge in [0.15, 0.2) is 6.61 Å². The molecule has 0 fully saturated rings. The molecule has 0 aliphatic heterocycles. The molecule has 0 atom stereocenters. The Hall–Kier alpha value is -1.90. The molecule has 0 amide bonds. The van der Waals surface area contributed by atoms with E-state index in [1.807, 2.05) is 0 Å². The third-order valence-corrected chi connectivity index (χ3v) is 1.50. The van der Waals surface area contributed by atoms with Crippen molar-refractivity contribution in [1.82, 2.24) is 5.08 Å². The van der Waals surface area contributed by atoms with Crippen molar-refractivity contribution in [2.75, 3.05) is 6.61 Å². The van der Waals surface area contributed by atoms with E-state index in [-0.39, 0.29) is 6.61 Å². The zero-order valence-corrected chi connectivity index (χ0v) is 8.32. The number of nitrogens with zero attached hydrogens (tertiary/aromatic N) is 1. The Morgan fingerprint density at radius 1 is 1.27 bits per heavy atom. The van der Waals surface area contributed by atoms with Gasteiger partial charge in [-0.25, -0.2) is 9.59 Å². The molecule has 0 radical (unpaired) electrons. The first kappa shape index (κ1) is 11.2. The quantitative estimate of drug-likeness (QED) is 0.400. The van der Waals surface area contributed by atoms with Gasteiger partial charge in [-0.1, -0.05) is 25.2 Å². The van der Waals surface area contributed by atoms with Crippen LogP contribution >= 0.6 is 0 Å². The first-order valence-electron chi connectivity index (χ1n) is 4.57. The fourth-order valence-corrected chi connectivity index (χ4v) is 0.771. The lowest BCUT2D eigenvalue weighted by molar-refractivity contribution is -0.135. The van der Waals surface area contributed by atoms with Crippen LogP contribution in [-0.2, 0) is 0 Å². The van der Waals surface area contributed by atoms with Gasteiger partial charge in [0.1, 0.15) is 5.08 Å². The summed E-state index contributed by atoms with van der Waals surface area (Å²) in [7, 11) is 0. The molecule has 6 nitrogen and oxygen atoms in total. The molecule has 0 aliphatic carbocycles. The second-order valence-corrected chi connectivity index (χ2v) is 2.71. The SMILES string of the molecule is CCCCC#CCOn1oc(=O)c(=O)o1. The van der Waals surface area contributed by atoms with Crippen LogP contribution in [0.1, 0.15) is 26.2 Å². The number of hydrogen-bond acceptors (Lipinski definition) is 5. The topological polar surface area (TPSA) is 74.6 Å². The molecule has 1 aromatic heterocycles. The molecule has 0 saturated carbocycles. The maximum Gasteiger partial charge on any atom is 0.449 e. The van der Waals surface area contributed by atoms with Crippen molar-refractivity contribution in [2.45, 2.75) is 26.2 Å². The number of aromatic nitrogens is 1. The van der Waals surface area contributed by atoms with Crippen molar-refractivity contribution in [1.29, 1.82) is 0 Å². The molecule has 0 aliphatic rings. The fourth-order valence-electron chi connectivity index (χ4n) is 0.771. The van der Waals surface area contributed by atoms with Gasteiger partial charge < -0.3 is 4.84 Å². The van der Waals surface area contributed by atoms with E-state index in [1.54, 1.807) is 0 Å². The molecule has 0 saturated heterocycles. The fraction of sp³-hybridized carbons (Fsp3) is 0.556. The van der Waals surface area contributed by atoms with Crippen LogP contribution in [0, 0.1) is 11.8 Å². The zero-order chi connectivity index (χ0) is 11.1. The molecule has 0 spiro atoms. The second-order valence-electron chi connectivity index (χ2n) is 2.71. The van der Waals surface area contributed by atoms with E-state index in [0.717, 1.165) is 19.3 Å². The lowest BCUT2D eigenvalue weighted by Gasteiger charge is -1.92. The summed E-state index contributed by atoms with van der Waals surface area (Å²) in [6, 6.07) is 0. The van der Waals surface area contributed by atoms with Crippen LogP contribution in [-0.4, -0.2) is 11.7 Å². The molecule has 0 bridgehead atoms. The Kier molecular flexibility index (Phi) is 4.29. The summed E-state index contributed by atoms with van der Waals surface area (Å²) in [6.07, 6.45) is 2.90. The van der Waals surface area contributed by atoms with E-state index in [0.29, 0.717) is 5.08 Å². The van der Waals surface area contributed by atoms with Gasteiger partial charge in [-0.05, 0) is 6.42 Å². The Balaban J connectivity index is 2.34. The first-order valence-corrected chi connectivity index (χ1v) is 4.57. The summed E-state index contributed by atoms with van der Waals surface area (Å²) < 4.78 is 8.47. The lowest BCUT2D eigenvalue weighted by Crippen LogP contribution is -2.14. The van der Waals surface area contributed by atoms with Gasteiger partial charge in [0.25, 0.3) is 0 Å². The Morgan fingerprint density at radius 2 is 1.93 bits per heavy atom. The molecule has 15 heavy (non-hydrogen) atoms. The average molecular weight is 213 g/mol. The summed E-state index contributed by atoms with van der Waals surface area (Å²) in [4.78, 5) is 25.7. The molecular formula is C9H11NO5. The van der Waals surface area contributed by atoms with Crippen molar-refractivity contribution in [2.24, 2.45) is 0 Å². The van der Waals surface area contributed by atoms with E-state index in [2.05, 4.69) is 27.8 Å². The van der Waals surface area contributed by atoms with Gasteiger partial charge >= 0.3 is 11.3 Å². The van der Waals surface area contributed by atoms with Gasteiger partial charge in [0, 0.05) is 6.42 Å². The minimum absolute atomic E-state index is 0.00424. The largest absolute Gasteiger partial charge is 0.449 e. The minimum Gasteiger partial charge on any atom is -0.344 e. The summed E-state index contributed by atoms with van der Waals surface area (Å²) >= 11 is 0. The van der Waals surface area contributed by atoms with Gasteiger partial charge in [-0.2, -0.15) is 0 Å². The predicted octanol–water partition coefficient (Wildman–Crippen LogP) is 0.0167. The molecule has 1 aromatic rings. The minimum atomic E-state index is -1.10. The van der Waals surface area contributed by atoms with Crippen molar-refractivity contribution < 1.29 is 13.9 Å². The number of rotatable bonds is 4. The molecular weight excluding hydrogens is 202 g/mol. The van der Waals surface area contributed by atoms with E-state index in [4.69, 9.17) is 4.84 Å². The summed E-state index contributed by atoms with van der Waals surface area (Å²) in [6.45, 7) is 2.07. The monoisotopic (exact) mass is 213 g/mol. The third kappa shape index (κ3) is 3.77. The van der Waals surface area contributed by atoms with Crippen molar-refractivity contribution in [3.05, 3.63) is 20.8 Å². The maximum absolute atomic E-state index is 10.5. The van der Waals surface area contributed by atoms with Crippen molar-refractivity contribution in [3.63, 3.8) is 0 Å². The first-order chi connectivity index (χ1) is 7.24. The molecule has 0 aromatic carbocycles. The highest BCUT2D eigenvalue weighted by molar-refractivity contribution is 4.98. The van der Waals surface area contributed by atoms with Crippen LogP contribution in [0.5, 0.6) is 0 Å². The van der Waals surface area contributed by atoms with E-state index >= 15 is 0 Å². The van der Waals surface area contributed by atoms with Crippen molar-refractivity contribution >= 4 is 0 Å². The highest BCUT2D eigenvalue weighted by Gasteiger charge is 2.03. The predicted molar refractivity (Wildman–Crippen MR) is 50.3 cm³/mol. The highest BCUT2D eigenvalue weighted by atomic mass is 17.0. The van der Waals surface area contributed by atoms with E-state index < -0.39 is 11.3 Å². The highest BCUT2D eigenvalue weighted by Crippen LogP contribution is 1.89. The van der Waals surface area contributed by atoms with Crippen LogP contribution < -0.4 is 16.1 Å². The summed E-state index contributed by atoms with van der Waals surface area (Å²) in [5.74, 6) is 5.53. The normalized spacial score (nSPS) is 9.40. The molecule has 6 heteroatoms. The van der Waals surface area contributed by atoms with Crippen LogP contribution in [0.4, 0.5) is 0 Å². The van der Waals surface area contributed by atoms with Crippen LogP contribution in [0.2, 0.25) is 0 Å². The van der Waals surface area contributed by atoms with E-state index in [9.17, 15) is 9.59 Å². The summed E-state index contributed by atoms with van der Waals surface area (Å²) in [5, 5.41) is 0.360. The Labute approximate surface area is 85.3 Å². The number of hydrogen-bond donors (Lipinski definition) is 0. The molecule has 0 unspecified atom stereocenters. The van der Waals surface area contributed by atoms with Crippen LogP contribution in [0.3, 0.4) is 0 Å². The lowest BCUT2D eigenvalue weighted by atomic mass is 10.2. The van der Waals surface area contributed by atoms with E-state index in [1.165, 1.54) is 0 Å². The molecule has 82 valence electrons. The maximum atomic E-state index is 10.5. The Morgan fingerprint density at radius 3 is 2.53 bits per heavy atom. The standard InChI is InChI=1S/C9H11NO5/c1-2-3-4-5-6-7-13-10-14-8(11)9(12)15-10/h2-4,7H2,1H3. The van der Waals surface area contributed by atoms with Crippen molar-refractivity contribution in [3.8, 4) is 11.8 Å². The zero-order valence-electron chi connectivity index (χ0n) is 8.32. The molecule has 1 heterocycles. The second kappa shape index (κ2) is 5.75. The smallest absolute Gasteiger partial charge is 0.344 e.